The van der Waals surface area contributed by atoms with Crippen LogP contribution in [0.2, 0.25) is 0.515 Å². The van der Waals surface area contributed by atoms with Crippen LogP contribution in [0.5, 0.6) is 5.75 Å². The molecule has 0 heterocycles. The number of carboxylic acids is 2. The van der Waals surface area contributed by atoms with Crippen molar-refractivity contribution in [2.75, 3.05) is 0 Å². The summed E-state index contributed by atoms with van der Waals surface area (Å²) in [6.45, 7) is 2.30. The molecule has 0 bridgehead atoms. The summed E-state index contributed by atoms with van der Waals surface area (Å²) in [6.07, 6.45) is 24.8. The Morgan fingerprint density at radius 3 is 1.54 bits per heavy atom. The van der Waals surface area contributed by atoms with Gasteiger partial charge in [-0.1, -0.05) is 58.3 Å². The van der Waals surface area contributed by atoms with Crippen molar-refractivity contribution in [1.82, 2.24) is 0 Å². The topological polar surface area (TPSA) is 138 Å². The molecule has 0 saturated carbocycles. The molecule has 3 N–H and O–H groups in total. The fourth-order valence-electron chi connectivity index (χ4n) is 4.67. The van der Waals surface area contributed by atoms with Crippen molar-refractivity contribution in [2.24, 2.45) is 0 Å². The SMILES string of the molecule is CCCCCCCCCCCCCCCCCCC(C[CH2][K])Oc1ccccc1.O=C(O)CC(C(=O)O)S(=O)(=O)O. The molecule has 0 aliphatic rings. The summed E-state index contributed by atoms with van der Waals surface area (Å²) in [5.41, 5.74) is 0. The Kier molecular flexibility index (Phi) is 26.8. The van der Waals surface area contributed by atoms with Crippen LogP contribution in [0.25, 0.3) is 0 Å². The first-order chi connectivity index (χ1) is 19.6. The summed E-state index contributed by atoms with van der Waals surface area (Å²) >= 11 is 0.944. The molecule has 0 aliphatic carbocycles. The summed E-state index contributed by atoms with van der Waals surface area (Å²) in [4.78, 5) is 20.0. The fraction of sp³-hybridized carbons (Fsp3) is 0.742. The molecule has 0 spiro atoms. The zero-order chi connectivity index (χ0) is 30.8. The van der Waals surface area contributed by atoms with E-state index in [1.165, 1.54) is 116 Å². The standard InChI is InChI=1S/C27H47O.C4H6O7S.K/c1-3-5-6-7-8-9-10-11-12-13-14-15-16-17-18-20-23-26(4-2)28-27-24-21-19-22-25-27;5-3(6)1-2(4(7)8)12(9,10)11;/h19,21-22,24-26H,2-18,20,23H2,1H3;2H,1H2,(H,5,6)(H,7,8)(H,9,10,11);. The van der Waals surface area contributed by atoms with Crippen molar-refractivity contribution < 1.29 is 37.5 Å². The van der Waals surface area contributed by atoms with Gasteiger partial charge in [0.2, 0.25) is 0 Å². The fourth-order valence-corrected chi connectivity index (χ4v) is 6.29. The van der Waals surface area contributed by atoms with Gasteiger partial charge in [-0.05, 0) is 0 Å². The van der Waals surface area contributed by atoms with Gasteiger partial charge in [-0.25, -0.2) is 0 Å². The van der Waals surface area contributed by atoms with Crippen molar-refractivity contribution in [3.8, 4) is 5.75 Å². The van der Waals surface area contributed by atoms with Crippen LogP contribution in [0.15, 0.2) is 30.3 Å². The van der Waals surface area contributed by atoms with Crippen LogP contribution in [0.4, 0.5) is 0 Å². The van der Waals surface area contributed by atoms with Crippen LogP contribution < -0.4 is 4.74 Å². The summed E-state index contributed by atoms with van der Waals surface area (Å²) in [5.74, 6) is -2.45. The molecule has 1 rings (SSSR count). The van der Waals surface area contributed by atoms with Gasteiger partial charge in [0.1, 0.15) is 0 Å². The van der Waals surface area contributed by atoms with E-state index in [-0.39, 0.29) is 0 Å². The molecule has 10 heteroatoms. The van der Waals surface area contributed by atoms with Crippen molar-refractivity contribution in [3.63, 3.8) is 0 Å². The average Bonchev–Trinajstić information content (AvgIpc) is 2.91. The summed E-state index contributed by atoms with van der Waals surface area (Å²) < 4.78 is 36.3. The van der Waals surface area contributed by atoms with E-state index in [2.05, 4.69) is 37.3 Å². The molecule has 2 unspecified atom stereocenters. The zero-order valence-corrected chi connectivity index (χ0v) is 29.4. The third-order valence-corrected chi connectivity index (χ3v) is 9.02. The molecule has 232 valence electrons. The number of para-hydroxylation sites is 1. The third-order valence-electron chi connectivity index (χ3n) is 7.03. The second-order valence-electron chi connectivity index (χ2n) is 10.9. The zero-order valence-electron chi connectivity index (χ0n) is 25.5. The molecule has 41 heavy (non-hydrogen) atoms. The van der Waals surface area contributed by atoms with Crippen molar-refractivity contribution >= 4 is 71.0 Å². The van der Waals surface area contributed by atoms with E-state index in [4.69, 9.17) is 19.5 Å². The molecule has 8 nitrogen and oxygen atoms in total. The second kappa shape index (κ2) is 27.1. The number of carboxylic acid groups (broad SMARTS) is 2. The van der Waals surface area contributed by atoms with Gasteiger partial charge < -0.3 is 10.2 Å². The van der Waals surface area contributed by atoms with Gasteiger partial charge in [0.05, 0.1) is 6.42 Å². The maximum absolute atomic E-state index is 10.2. The molecule has 0 amide bonds. The molecule has 0 aromatic heterocycles. The number of unbranched alkanes of at least 4 members (excludes halogenated alkanes) is 15. The third kappa shape index (κ3) is 25.7. The maximum Gasteiger partial charge on any atom is 0.325 e. The van der Waals surface area contributed by atoms with E-state index in [1.807, 2.05) is 0 Å². The van der Waals surface area contributed by atoms with Crippen LogP contribution in [0, 0.1) is 0 Å². The molecular formula is C31H53KO8S. The minimum atomic E-state index is -4.84. The molecule has 0 saturated heterocycles. The summed E-state index contributed by atoms with van der Waals surface area (Å²) in [7, 11) is -4.84. The maximum atomic E-state index is 10.2. The molecule has 0 aliphatic heterocycles. The molecule has 0 fully saturated rings. The molecular weight excluding hydrogens is 571 g/mol. The van der Waals surface area contributed by atoms with Gasteiger partial charge in [0.15, 0.2) is 5.25 Å². The van der Waals surface area contributed by atoms with Gasteiger partial charge >= 0.3 is 173 Å². The van der Waals surface area contributed by atoms with Crippen molar-refractivity contribution in [2.45, 2.75) is 141 Å². The Morgan fingerprint density at radius 1 is 0.756 bits per heavy atom. The van der Waals surface area contributed by atoms with E-state index in [9.17, 15) is 18.0 Å². The second-order valence-corrected chi connectivity index (χ2v) is 14.0. The number of benzene rings is 1. The van der Waals surface area contributed by atoms with Gasteiger partial charge in [-0.2, -0.15) is 8.42 Å². The van der Waals surface area contributed by atoms with Crippen LogP contribution >= 0.6 is 0 Å². The Balaban J connectivity index is 0.00000112. The van der Waals surface area contributed by atoms with Gasteiger partial charge in [0, 0.05) is 0 Å². The Bertz CT molecular complexity index is 879. The van der Waals surface area contributed by atoms with Crippen molar-refractivity contribution in [1.29, 1.82) is 0 Å². The molecule has 2 atom stereocenters. The van der Waals surface area contributed by atoms with E-state index in [0.29, 0.717) is 6.10 Å². The smallest absolute Gasteiger partial charge is 0.325 e. The van der Waals surface area contributed by atoms with Gasteiger partial charge in [-0.15, -0.1) is 0 Å². The van der Waals surface area contributed by atoms with E-state index in [0.717, 1.165) is 54.7 Å². The first kappa shape index (κ1) is 40.5. The van der Waals surface area contributed by atoms with Crippen LogP contribution in [-0.4, -0.2) is 95.4 Å². The quantitative estimate of drug-likeness (QED) is 0.0568. The summed E-state index contributed by atoms with van der Waals surface area (Å²) in [6, 6.07) is 10.4. The first-order valence-electron chi connectivity index (χ1n) is 15.7. The number of hydrogen-bond acceptors (Lipinski definition) is 5. The first-order valence-corrected chi connectivity index (χ1v) is 19.5. The van der Waals surface area contributed by atoms with Crippen LogP contribution in [-0.2, 0) is 19.7 Å². The number of carbonyl (C=O) groups is 2. The summed E-state index contributed by atoms with van der Waals surface area (Å²) in [5, 5.41) is 13.9. The molecule has 1 aromatic carbocycles. The van der Waals surface area contributed by atoms with Gasteiger partial charge in [-0.3, -0.25) is 14.1 Å². The van der Waals surface area contributed by atoms with Crippen LogP contribution in [0.1, 0.15) is 129 Å². The van der Waals surface area contributed by atoms with E-state index >= 15 is 0 Å². The predicted octanol–water partition coefficient (Wildman–Crippen LogP) is 7.86. The predicted molar refractivity (Wildman–Crippen MR) is 165 cm³/mol. The number of aliphatic carboxylic acids is 2. The minimum Gasteiger partial charge on any atom is -0.481 e. The monoisotopic (exact) mass is 624 g/mol. The molecule has 1 aromatic rings. The minimum absolute atomic E-state index is 0.444. The Morgan fingerprint density at radius 2 is 1.20 bits per heavy atom. The largest absolute Gasteiger partial charge is 0.481 e. The van der Waals surface area contributed by atoms with Crippen molar-refractivity contribution in [3.05, 3.63) is 30.3 Å². The van der Waals surface area contributed by atoms with Gasteiger partial charge in [0.25, 0.3) is 10.1 Å². The Labute approximate surface area is 282 Å². The number of ether oxygens (including phenoxy) is 1. The molecule has 0 radical (unpaired) electrons. The van der Waals surface area contributed by atoms with E-state index in [1.54, 1.807) is 0 Å². The average molecular weight is 625 g/mol. The van der Waals surface area contributed by atoms with E-state index < -0.39 is 33.7 Å². The number of rotatable bonds is 25. The number of hydrogen-bond donors (Lipinski definition) is 3. The normalized spacial score (nSPS) is 12.7. The van der Waals surface area contributed by atoms with Crippen LogP contribution in [0.3, 0.4) is 0 Å². The Hall–Kier alpha value is -0.494.